The van der Waals surface area contributed by atoms with Gasteiger partial charge in [-0.25, -0.2) is 0 Å². The smallest absolute Gasteiger partial charge is 0.310 e. The van der Waals surface area contributed by atoms with E-state index < -0.39 is 0 Å². The van der Waals surface area contributed by atoms with E-state index in [1.54, 1.807) is 18.7 Å². The Hall–Kier alpha value is -1.26. The van der Waals surface area contributed by atoms with Gasteiger partial charge in [-0.15, -0.1) is 11.8 Å². The normalized spacial score (nSPS) is 20.7. The number of hydrogen-bond donors (Lipinski definition) is 1. The summed E-state index contributed by atoms with van der Waals surface area (Å²) in [5.74, 6) is 0.781. The topological polar surface area (TPSA) is 46.5 Å². The maximum Gasteiger partial charge on any atom is 0.310 e. The summed E-state index contributed by atoms with van der Waals surface area (Å²) < 4.78 is 4.91. The third kappa shape index (κ3) is 4.11. The van der Waals surface area contributed by atoms with E-state index in [4.69, 9.17) is 4.74 Å². The highest BCUT2D eigenvalue weighted by molar-refractivity contribution is 8.03. The van der Waals surface area contributed by atoms with Crippen molar-refractivity contribution in [1.29, 1.82) is 0 Å². The van der Waals surface area contributed by atoms with Crippen molar-refractivity contribution < 1.29 is 14.6 Å². The number of aliphatic hydroxyl groups is 1. The summed E-state index contributed by atoms with van der Waals surface area (Å²) in [4.78, 5) is 12.4. The molecule has 1 atom stereocenters. The third-order valence-electron chi connectivity index (χ3n) is 2.93. The number of carbonyl (C=O) groups excluding carboxylic acids is 1. The van der Waals surface area contributed by atoms with E-state index in [2.05, 4.69) is 0 Å². The Morgan fingerprint density at radius 2 is 2.21 bits per heavy atom. The van der Waals surface area contributed by atoms with Crippen LogP contribution in [-0.2, 0) is 16.0 Å². The molecule has 19 heavy (non-hydrogen) atoms. The monoisotopic (exact) mass is 278 g/mol. The Morgan fingerprint density at radius 3 is 2.79 bits per heavy atom. The van der Waals surface area contributed by atoms with Gasteiger partial charge >= 0.3 is 5.97 Å². The van der Waals surface area contributed by atoms with E-state index in [0.29, 0.717) is 13.0 Å². The lowest BCUT2D eigenvalue weighted by molar-refractivity contribution is -0.142. The summed E-state index contributed by atoms with van der Waals surface area (Å²) in [6.07, 6.45) is 2.83. The van der Waals surface area contributed by atoms with Crippen LogP contribution in [0.25, 0.3) is 6.08 Å². The quantitative estimate of drug-likeness (QED) is 0.860. The molecule has 0 spiro atoms. The molecule has 1 unspecified atom stereocenters. The zero-order valence-corrected chi connectivity index (χ0v) is 11.8. The van der Waals surface area contributed by atoms with Crippen molar-refractivity contribution in [1.82, 2.24) is 0 Å². The van der Waals surface area contributed by atoms with Crippen molar-refractivity contribution in [2.75, 3.05) is 12.4 Å². The van der Waals surface area contributed by atoms with Crippen LogP contribution in [0.3, 0.4) is 0 Å². The molecule has 1 saturated heterocycles. The van der Waals surface area contributed by atoms with Gasteiger partial charge in [0.1, 0.15) is 0 Å². The van der Waals surface area contributed by atoms with Crippen LogP contribution in [0.15, 0.2) is 29.2 Å². The maximum atomic E-state index is 11.3. The molecule has 1 aliphatic rings. The summed E-state index contributed by atoms with van der Waals surface area (Å²) in [6, 6.07) is 7.78. The van der Waals surface area contributed by atoms with Crippen LogP contribution < -0.4 is 0 Å². The first-order chi connectivity index (χ1) is 9.19. The highest BCUT2D eigenvalue weighted by atomic mass is 32.2. The van der Waals surface area contributed by atoms with Crippen LogP contribution >= 0.6 is 11.8 Å². The van der Waals surface area contributed by atoms with Gasteiger partial charge in [-0.05, 0) is 30.5 Å². The second-order valence-electron chi connectivity index (χ2n) is 4.42. The number of carbonyl (C=O) groups is 1. The van der Waals surface area contributed by atoms with Crippen LogP contribution in [0.2, 0.25) is 0 Å². The number of hydrogen-bond acceptors (Lipinski definition) is 4. The molecule has 1 N–H and O–H groups in total. The first kappa shape index (κ1) is 14.2. The predicted molar refractivity (Wildman–Crippen MR) is 77.8 cm³/mol. The highest BCUT2D eigenvalue weighted by Crippen LogP contribution is 2.32. The van der Waals surface area contributed by atoms with Crippen molar-refractivity contribution in [3.63, 3.8) is 0 Å². The van der Waals surface area contributed by atoms with E-state index >= 15 is 0 Å². The zero-order valence-electron chi connectivity index (χ0n) is 11.0. The van der Waals surface area contributed by atoms with Gasteiger partial charge in [0.25, 0.3) is 0 Å². The second-order valence-corrected chi connectivity index (χ2v) is 5.59. The fraction of sp³-hybridized carbons (Fsp3) is 0.400. The van der Waals surface area contributed by atoms with Crippen molar-refractivity contribution in [3.05, 3.63) is 40.3 Å². The minimum absolute atomic E-state index is 0.199. The Kier molecular flexibility index (Phi) is 5.05. The number of aliphatic hydroxyl groups excluding tert-OH is 1. The third-order valence-corrected chi connectivity index (χ3v) is 4.09. The van der Waals surface area contributed by atoms with Crippen molar-refractivity contribution in [2.45, 2.75) is 25.9 Å². The number of rotatable bonds is 4. The minimum atomic E-state index is -0.316. The molecule has 102 valence electrons. The van der Waals surface area contributed by atoms with Crippen LogP contribution in [-0.4, -0.2) is 29.5 Å². The Morgan fingerprint density at radius 1 is 1.47 bits per heavy atom. The average Bonchev–Trinajstić information content (AvgIpc) is 2.78. The van der Waals surface area contributed by atoms with Crippen molar-refractivity contribution >= 4 is 23.8 Å². The molecule has 2 rings (SSSR count). The zero-order chi connectivity index (χ0) is 13.7. The van der Waals surface area contributed by atoms with E-state index in [1.807, 2.05) is 30.3 Å². The predicted octanol–water partition coefficient (Wildman–Crippen LogP) is 2.63. The van der Waals surface area contributed by atoms with Crippen molar-refractivity contribution in [3.8, 4) is 0 Å². The molecule has 0 aromatic heterocycles. The molecule has 0 bridgehead atoms. The number of ether oxygens (including phenoxy) is 1. The van der Waals surface area contributed by atoms with Gasteiger partial charge in [0.2, 0.25) is 0 Å². The molecule has 0 aliphatic carbocycles. The lowest BCUT2D eigenvalue weighted by Gasteiger charge is -2.04. The summed E-state index contributed by atoms with van der Waals surface area (Å²) in [5, 5.41) is 9.73. The Labute approximate surface area is 117 Å². The molecule has 3 nitrogen and oxygen atoms in total. The lowest BCUT2D eigenvalue weighted by atomic mass is 10.1. The Bertz CT molecular complexity index is 465. The van der Waals surface area contributed by atoms with E-state index in [9.17, 15) is 9.90 Å². The molecule has 1 heterocycles. The molecule has 1 aliphatic heterocycles. The van der Waals surface area contributed by atoms with Gasteiger partial charge in [0, 0.05) is 10.7 Å². The van der Waals surface area contributed by atoms with Crippen LogP contribution in [0.4, 0.5) is 0 Å². The average molecular weight is 278 g/mol. The molecule has 0 amide bonds. The van der Waals surface area contributed by atoms with E-state index in [1.165, 1.54) is 0 Å². The summed E-state index contributed by atoms with van der Waals surface area (Å²) in [7, 11) is 0. The molecule has 0 saturated carbocycles. The van der Waals surface area contributed by atoms with Gasteiger partial charge in [-0.1, -0.05) is 24.3 Å². The molecular weight excluding hydrogens is 260 g/mol. The fourth-order valence-corrected chi connectivity index (χ4v) is 3.05. The first-order valence-corrected chi connectivity index (χ1v) is 7.44. The van der Waals surface area contributed by atoms with Crippen molar-refractivity contribution in [2.24, 2.45) is 0 Å². The molecule has 1 aromatic rings. The number of thioether (sulfide) groups is 1. The SMILES string of the molecule is CCOC(=O)Cc1ccc(C=C2SCCC2O)cc1. The summed E-state index contributed by atoms with van der Waals surface area (Å²) >= 11 is 1.70. The summed E-state index contributed by atoms with van der Waals surface area (Å²) in [5.41, 5.74) is 2.00. The van der Waals surface area contributed by atoms with Crippen LogP contribution in [0.1, 0.15) is 24.5 Å². The van der Waals surface area contributed by atoms with Gasteiger partial charge in [0.05, 0.1) is 19.1 Å². The number of esters is 1. The van der Waals surface area contributed by atoms with Gasteiger partial charge in [0.15, 0.2) is 0 Å². The van der Waals surface area contributed by atoms with E-state index in [-0.39, 0.29) is 12.1 Å². The lowest BCUT2D eigenvalue weighted by Crippen LogP contribution is -2.07. The Balaban J connectivity index is 2.00. The molecule has 1 aromatic carbocycles. The largest absolute Gasteiger partial charge is 0.466 e. The fourth-order valence-electron chi connectivity index (χ4n) is 1.94. The molecular formula is C15H18O3S. The highest BCUT2D eigenvalue weighted by Gasteiger charge is 2.18. The van der Waals surface area contributed by atoms with Gasteiger partial charge in [-0.2, -0.15) is 0 Å². The second kappa shape index (κ2) is 6.78. The maximum absolute atomic E-state index is 11.3. The van der Waals surface area contributed by atoms with E-state index in [0.717, 1.165) is 28.2 Å². The number of benzene rings is 1. The van der Waals surface area contributed by atoms with Gasteiger partial charge in [-0.3, -0.25) is 4.79 Å². The molecule has 4 heteroatoms. The standard InChI is InChI=1S/C15H18O3S/c1-2-18-15(17)10-12-5-3-11(4-6-12)9-14-13(16)7-8-19-14/h3-6,9,13,16H,2,7-8,10H2,1H3. The summed E-state index contributed by atoms with van der Waals surface area (Å²) in [6.45, 7) is 2.22. The minimum Gasteiger partial charge on any atom is -0.466 e. The van der Waals surface area contributed by atoms with Crippen LogP contribution in [0, 0.1) is 0 Å². The van der Waals surface area contributed by atoms with Gasteiger partial charge < -0.3 is 9.84 Å². The van der Waals surface area contributed by atoms with Crippen LogP contribution in [0.5, 0.6) is 0 Å². The first-order valence-electron chi connectivity index (χ1n) is 6.46. The molecule has 0 radical (unpaired) electrons. The molecule has 1 fully saturated rings.